The van der Waals surface area contributed by atoms with E-state index in [0.29, 0.717) is 25.4 Å². The lowest BCUT2D eigenvalue weighted by Crippen LogP contribution is -2.46. The molecule has 2 heterocycles. The Morgan fingerprint density at radius 2 is 2.40 bits per heavy atom. The van der Waals surface area contributed by atoms with Crippen molar-refractivity contribution >= 4 is 35.0 Å². The molecule has 0 aromatic carbocycles. The number of carboxylic acids is 1. The van der Waals surface area contributed by atoms with E-state index in [0.717, 1.165) is 5.75 Å². The average molecular weight is 315 g/mol. The van der Waals surface area contributed by atoms with Crippen molar-refractivity contribution in [2.45, 2.75) is 18.3 Å². The summed E-state index contributed by atoms with van der Waals surface area (Å²) in [6.07, 6.45) is -0.431. The Morgan fingerprint density at radius 3 is 3.10 bits per heavy atom. The number of rotatable bonds is 6. The molecule has 1 amide bonds. The highest BCUT2D eigenvalue weighted by Crippen LogP contribution is 2.18. The maximum atomic E-state index is 12.1. The lowest BCUT2D eigenvalue weighted by atomic mass is 10.2. The number of thiophene rings is 1. The van der Waals surface area contributed by atoms with Crippen LogP contribution >= 0.6 is 23.1 Å². The minimum absolute atomic E-state index is 0.0495. The Labute approximate surface area is 125 Å². The van der Waals surface area contributed by atoms with Gasteiger partial charge in [-0.15, -0.1) is 23.1 Å². The van der Waals surface area contributed by atoms with Crippen LogP contribution in [0.3, 0.4) is 0 Å². The first-order chi connectivity index (χ1) is 9.65. The summed E-state index contributed by atoms with van der Waals surface area (Å²) >= 11 is 3.28. The van der Waals surface area contributed by atoms with Gasteiger partial charge in [0, 0.05) is 23.7 Å². The summed E-state index contributed by atoms with van der Waals surface area (Å²) in [4.78, 5) is 25.7. The number of morpholine rings is 1. The van der Waals surface area contributed by atoms with Gasteiger partial charge in [0.05, 0.1) is 24.9 Å². The molecule has 1 aromatic heterocycles. The number of nitrogens with zero attached hydrogens (tertiary/aromatic N) is 1. The van der Waals surface area contributed by atoms with Crippen LogP contribution in [0.1, 0.15) is 11.3 Å². The van der Waals surface area contributed by atoms with Gasteiger partial charge >= 0.3 is 5.97 Å². The van der Waals surface area contributed by atoms with Crippen molar-refractivity contribution in [2.24, 2.45) is 0 Å². The zero-order valence-electron chi connectivity index (χ0n) is 11.0. The Hall–Kier alpha value is -1.05. The van der Waals surface area contributed by atoms with E-state index in [1.165, 1.54) is 4.88 Å². The van der Waals surface area contributed by atoms with Crippen molar-refractivity contribution < 1.29 is 19.4 Å². The van der Waals surface area contributed by atoms with Crippen LogP contribution in [0.2, 0.25) is 0 Å². The van der Waals surface area contributed by atoms with Crippen LogP contribution < -0.4 is 0 Å². The highest BCUT2D eigenvalue weighted by Gasteiger charge is 2.25. The van der Waals surface area contributed by atoms with Gasteiger partial charge in [0.15, 0.2) is 0 Å². The van der Waals surface area contributed by atoms with Gasteiger partial charge in [-0.3, -0.25) is 9.59 Å². The lowest BCUT2D eigenvalue weighted by molar-refractivity contribution is -0.146. The SMILES string of the molecule is O=C(O)CC1CN(C(=O)CSCc2cccs2)CCO1. The first-order valence-electron chi connectivity index (χ1n) is 6.36. The molecular formula is C13H17NO4S2. The molecular weight excluding hydrogens is 298 g/mol. The molecule has 7 heteroatoms. The highest BCUT2D eigenvalue weighted by atomic mass is 32.2. The monoisotopic (exact) mass is 315 g/mol. The summed E-state index contributed by atoms with van der Waals surface area (Å²) in [5.74, 6) is 0.436. The standard InChI is InChI=1S/C13H17NO4S2/c15-12(9-19-8-11-2-1-5-20-11)14-3-4-18-10(7-14)6-13(16)17/h1-2,5,10H,3-4,6-9H2,(H,16,17). The fourth-order valence-corrected chi connectivity index (χ4v) is 3.76. The molecule has 1 aliphatic heterocycles. The number of hydrogen-bond acceptors (Lipinski definition) is 5. The number of hydrogen-bond donors (Lipinski definition) is 1. The number of carbonyl (C=O) groups is 2. The third-order valence-corrected chi connectivity index (χ3v) is 4.97. The van der Waals surface area contributed by atoms with E-state index < -0.39 is 5.97 Å². The molecule has 1 saturated heterocycles. The molecule has 1 unspecified atom stereocenters. The van der Waals surface area contributed by atoms with Gasteiger partial charge in [0.25, 0.3) is 0 Å². The van der Waals surface area contributed by atoms with E-state index in [-0.39, 0.29) is 18.4 Å². The highest BCUT2D eigenvalue weighted by molar-refractivity contribution is 7.99. The molecule has 20 heavy (non-hydrogen) atoms. The van der Waals surface area contributed by atoms with Crippen molar-refractivity contribution in [3.05, 3.63) is 22.4 Å². The number of carboxylic acid groups (broad SMARTS) is 1. The molecule has 1 aromatic rings. The third kappa shape index (κ3) is 4.81. The van der Waals surface area contributed by atoms with Gasteiger partial charge < -0.3 is 14.7 Å². The van der Waals surface area contributed by atoms with Crippen LogP contribution in [-0.4, -0.2) is 53.4 Å². The molecule has 0 spiro atoms. The predicted molar refractivity (Wildman–Crippen MR) is 79.1 cm³/mol. The predicted octanol–water partition coefficient (Wildman–Crippen LogP) is 1.68. The van der Waals surface area contributed by atoms with Crippen LogP contribution in [0, 0.1) is 0 Å². The number of carbonyl (C=O) groups excluding carboxylic acids is 1. The van der Waals surface area contributed by atoms with E-state index in [1.807, 2.05) is 11.4 Å². The molecule has 0 saturated carbocycles. The Kier molecular flexibility index (Phi) is 5.87. The fraction of sp³-hybridized carbons (Fsp3) is 0.538. The quantitative estimate of drug-likeness (QED) is 0.865. The van der Waals surface area contributed by atoms with Crippen LogP contribution in [0.15, 0.2) is 17.5 Å². The molecule has 1 fully saturated rings. The van der Waals surface area contributed by atoms with Gasteiger partial charge in [-0.25, -0.2) is 0 Å². The van der Waals surface area contributed by atoms with E-state index in [1.54, 1.807) is 28.0 Å². The number of ether oxygens (including phenoxy) is 1. The maximum absolute atomic E-state index is 12.1. The number of amides is 1. The minimum atomic E-state index is -0.892. The maximum Gasteiger partial charge on any atom is 0.306 e. The second-order valence-electron chi connectivity index (χ2n) is 4.50. The molecule has 0 aliphatic carbocycles. The second-order valence-corrected chi connectivity index (χ2v) is 6.52. The van der Waals surface area contributed by atoms with Gasteiger partial charge in [-0.1, -0.05) is 6.07 Å². The largest absolute Gasteiger partial charge is 0.481 e. The Balaban J connectivity index is 1.72. The van der Waals surface area contributed by atoms with Gasteiger partial charge in [0.2, 0.25) is 5.91 Å². The molecule has 2 rings (SSSR count). The number of thioether (sulfide) groups is 1. The molecule has 1 aliphatic rings. The van der Waals surface area contributed by atoms with Crippen LogP contribution in [0.5, 0.6) is 0 Å². The normalized spacial score (nSPS) is 19.0. The first kappa shape index (κ1) is 15.3. The molecule has 1 N–H and O–H groups in total. The summed E-state index contributed by atoms with van der Waals surface area (Å²) in [6.45, 7) is 1.35. The van der Waals surface area contributed by atoms with Crippen LogP contribution in [0.25, 0.3) is 0 Å². The van der Waals surface area contributed by atoms with Crippen molar-refractivity contribution in [2.75, 3.05) is 25.4 Å². The lowest BCUT2D eigenvalue weighted by Gasteiger charge is -2.32. The van der Waals surface area contributed by atoms with Crippen LogP contribution in [-0.2, 0) is 20.1 Å². The number of aliphatic carboxylic acids is 1. The van der Waals surface area contributed by atoms with Gasteiger partial charge in [0.1, 0.15) is 0 Å². The average Bonchev–Trinajstić information content (AvgIpc) is 2.91. The van der Waals surface area contributed by atoms with E-state index in [2.05, 4.69) is 6.07 Å². The summed E-state index contributed by atoms with van der Waals surface area (Å²) in [7, 11) is 0. The van der Waals surface area contributed by atoms with Crippen LogP contribution in [0.4, 0.5) is 0 Å². The summed E-state index contributed by atoms with van der Waals surface area (Å²) in [5.41, 5.74) is 0. The van der Waals surface area contributed by atoms with Crippen molar-refractivity contribution in [3.63, 3.8) is 0 Å². The van der Waals surface area contributed by atoms with Crippen molar-refractivity contribution in [1.29, 1.82) is 0 Å². The minimum Gasteiger partial charge on any atom is -0.481 e. The summed E-state index contributed by atoms with van der Waals surface area (Å²) < 4.78 is 5.35. The Morgan fingerprint density at radius 1 is 1.55 bits per heavy atom. The smallest absolute Gasteiger partial charge is 0.306 e. The molecule has 1 atom stereocenters. The zero-order valence-corrected chi connectivity index (χ0v) is 12.6. The summed E-state index contributed by atoms with van der Waals surface area (Å²) in [5, 5.41) is 10.8. The van der Waals surface area contributed by atoms with E-state index >= 15 is 0 Å². The topological polar surface area (TPSA) is 66.8 Å². The third-order valence-electron chi connectivity index (χ3n) is 2.94. The van der Waals surface area contributed by atoms with Gasteiger partial charge in [-0.2, -0.15) is 0 Å². The van der Waals surface area contributed by atoms with E-state index in [4.69, 9.17) is 9.84 Å². The van der Waals surface area contributed by atoms with Crippen molar-refractivity contribution in [3.8, 4) is 0 Å². The van der Waals surface area contributed by atoms with Crippen molar-refractivity contribution in [1.82, 2.24) is 4.90 Å². The van der Waals surface area contributed by atoms with E-state index in [9.17, 15) is 9.59 Å². The second kappa shape index (κ2) is 7.66. The Bertz CT molecular complexity index is 449. The summed E-state index contributed by atoms with van der Waals surface area (Å²) in [6, 6.07) is 4.06. The first-order valence-corrected chi connectivity index (χ1v) is 8.40. The molecule has 0 radical (unpaired) electrons. The molecule has 5 nitrogen and oxygen atoms in total. The zero-order chi connectivity index (χ0) is 14.4. The molecule has 0 bridgehead atoms. The fourth-order valence-electron chi connectivity index (χ4n) is 1.99. The molecule has 110 valence electrons. The van der Waals surface area contributed by atoms with Gasteiger partial charge in [-0.05, 0) is 11.4 Å².